The molecule has 0 bridgehead atoms. The second-order valence-electron chi connectivity index (χ2n) is 8.97. The first kappa shape index (κ1) is 27.0. The summed E-state index contributed by atoms with van der Waals surface area (Å²) in [6.07, 6.45) is 1.66. The topological polar surface area (TPSA) is 84.9 Å². The van der Waals surface area contributed by atoms with Gasteiger partial charge in [-0.05, 0) is 65.6 Å². The number of benzene rings is 3. The van der Waals surface area contributed by atoms with Crippen LogP contribution in [-0.2, 0) is 16.1 Å². The molecule has 0 radical (unpaired) electrons. The molecule has 3 amide bonds. The minimum Gasteiger partial charge on any atom is -0.490 e. The third kappa shape index (κ3) is 6.63. The van der Waals surface area contributed by atoms with Crippen LogP contribution in [0.3, 0.4) is 0 Å². The molecule has 1 aliphatic heterocycles. The van der Waals surface area contributed by atoms with E-state index in [2.05, 4.69) is 19.2 Å². The van der Waals surface area contributed by atoms with Crippen LogP contribution < -0.4 is 14.8 Å². The zero-order valence-electron chi connectivity index (χ0n) is 21.6. The monoisotopic (exact) mass is 530 g/mol. The minimum atomic E-state index is -0.333. The molecule has 7 nitrogen and oxygen atoms in total. The van der Waals surface area contributed by atoms with Gasteiger partial charge in [-0.2, -0.15) is 0 Å². The number of hydrogen-bond donors (Lipinski definition) is 1. The first-order valence-corrected chi connectivity index (χ1v) is 13.2. The fraction of sp³-hybridized carbons (Fsp3) is 0.233. The normalized spacial score (nSPS) is 14.3. The van der Waals surface area contributed by atoms with Gasteiger partial charge in [0.2, 0.25) is 0 Å². The van der Waals surface area contributed by atoms with E-state index >= 15 is 0 Å². The third-order valence-corrected chi connectivity index (χ3v) is 6.75. The van der Waals surface area contributed by atoms with Crippen molar-refractivity contribution >= 4 is 40.6 Å². The highest BCUT2D eigenvalue weighted by Gasteiger charge is 2.35. The van der Waals surface area contributed by atoms with Gasteiger partial charge in [0.05, 0.1) is 18.1 Å². The summed E-state index contributed by atoms with van der Waals surface area (Å²) in [6.45, 7) is 6.41. The second-order valence-corrected chi connectivity index (χ2v) is 9.96. The molecule has 196 valence electrons. The molecule has 3 aromatic carbocycles. The number of ether oxygens (including phenoxy) is 2. The summed E-state index contributed by atoms with van der Waals surface area (Å²) < 4.78 is 11.5. The molecule has 0 unspecified atom stereocenters. The zero-order valence-corrected chi connectivity index (χ0v) is 22.4. The molecule has 0 aromatic heterocycles. The maximum Gasteiger partial charge on any atom is 0.293 e. The van der Waals surface area contributed by atoms with Crippen molar-refractivity contribution < 1.29 is 23.9 Å². The number of thioether (sulfide) groups is 1. The first-order chi connectivity index (χ1) is 18.4. The van der Waals surface area contributed by atoms with Gasteiger partial charge < -0.3 is 14.8 Å². The van der Waals surface area contributed by atoms with Crippen molar-refractivity contribution in [2.24, 2.45) is 0 Å². The number of nitrogens with zero attached hydrogens (tertiary/aromatic N) is 1. The molecule has 4 rings (SSSR count). The van der Waals surface area contributed by atoms with E-state index in [4.69, 9.17) is 9.47 Å². The smallest absolute Gasteiger partial charge is 0.293 e. The Hall–Kier alpha value is -4.04. The highest BCUT2D eigenvalue weighted by atomic mass is 32.2. The van der Waals surface area contributed by atoms with Crippen molar-refractivity contribution in [3.05, 3.63) is 94.4 Å². The van der Waals surface area contributed by atoms with Crippen LogP contribution in [0, 0.1) is 0 Å². The lowest BCUT2D eigenvalue weighted by molar-refractivity contribution is -0.123. The van der Waals surface area contributed by atoms with Crippen molar-refractivity contribution in [2.75, 3.05) is 18.5 Å². The lowest BCUT2D eigenvalue weighted by Gasteiger charge is -2.15. The summed E-state index contributed by atoms with van der Waals surface area (Å²) in [5.74, 6) is 0.509. The molecule has 1 aliphatic rings. The Morgan fingerprint density at radius 2 is 1.71 bits per heavy atom. The molecular weight excluding hydrogens is 500 g/mol. The van der Waals surface area contributed by atoms with Crippen LogP contribution in [0.15, 0.2) is 77.7 Å². The average molecular weight is 531 g/mol. The zero-order chi connectivity index (χ0) is 27.1. The van der Waals surface area contributed by atoms with Gasteiger partial charge in [0.15, 0.2) is 18.1 Å². The number of amides is 3. The fourth-order valence-corrected chi connectivity index (χ4v) is 4.84. The van der Waals surface area contributed by atoms with Gasteiger partial charge >= 0.3 is 0 Å². The van der Waals surface area contributed by atoms with E-state index in [-0.39, 0.29) is 36.1 Å². The number of anilines is 1. The highest BCUT2D eigenvalue weighted by molar-refractivity contribution is 8.18. The van der Waals surface area contributed by atoms with Crippen molar-refractivity contribution in [1.29, 1.82) is 0 Å². The SMILES string of the molecule is CCOc1cc(/C=C2/SC(=O)N(Cc3ccccc3)C2=O)ccc1OCC(=O)Nc1ccccc1C(C)C. The maximum atomic E-state index is 12.9. The molecule has 8 heteroatoms. The van der Waals surface area contributed by atoms with Gasteiger partial charge in [0.1, 0.15) is 0 Å². The van der Waals surface area contributed by atoms with Crippen molar-refractivity contribution in [3.8, 4) is 11.5 Å². The molecule has 0 spiro atoms. The van der Waals surface area contributed by atoms with Crippen molar-refractivity contribution in [2.45, 2.75) is 33.2 Å². The van der Waals surface area contributed by atoms with Gasteiger partial charge in [0, 0.05) is 5.69 Å². The van der Waals surface area contributed by atoms with Gasteiger partial charge in [-0.15, -0.1) is 0 Å². The molecule has 0 atom stereocenters. The Balaban J connectivity index is 1.44. The molecule has 0 aliphatic carbocycles. The highest BCUT2D eigenvalue weighted by Crippen LogP contribution is 2.35. The number of carbonyl (C=O) groups excluding carboxylic acids is 3. The van der Waals surface area contributed by atoms with Crippen LogP contribution >= 0.6 is 11.8 Å². The molecule has 0 saturated carbocycles. The lowest BCUT2D eigenvalue weighted by Crippen LogP contribution is -2.27. The van der Waals surface area contributed by atoms with E-state index in [1.165, 1.54) is 4.90 Å². The van der Waals surface area contributed by atoms with Crippen molar-refractivity contribution in [1.82, 2.24) is 4.90 Å². The number of hydrogen-bond acceptors (Lipinski definition) is 6. The number of nitrogens with one attached hydrogen (secondary N) is 1. The molecule has 3 aromatic rings. The maximum absolute atomic E-state index is 12.9. The summed E-state index contributed by atoms with van der Waals surface area (Å²) in [6, 6.07) is 22.3. The van der Waals surface area contributed by atoms with E-state index in [1.54, 1.807) is 24.3 Å². The van der Waals surface area contributed by atoms with Gasteiger partial charge in [0.25, 0.3) is 17.1 Å². The quantitative estimate of drug-likeness (QED) is 0.303. The Kier molecular flexibility index (Phi) is 8.86. The largest absolute Gasteiger partial charge is 0.490 e. The minimum absolute atomic E-state index is 0.190. The Morgan fingerprint density at radius 1 is 0.974 bits per heavy atom. The third-order valence-electron chi connectivity index (χ3n) is 5.84. The summed E-state index contributed by atoms with van der Waals surface area (Å²) in [4.78, 5) is 39.6. The van der Waals surface area contributed by atoms with E-state index < -0.39 is 0 Å². The van der Waals surface area contributed by atoms with Crippen LogP contribution in [0.25, 0.3) is 6.08 Å². The molecular formula is C30H30N2O5S. The Bertz CT molecular complexity index is 1350. The Labute approximate surface area is 226 Å². The standard InChI is InChI=1S/C30H30N2O5S/c1-4-36-26-16-22(17-27-29(34)32(30(35)38-27)18-21-10-6-5-7-11-21)14-15-25(26)37-19-28(33)31-24-13-9-8-12-23(24)20(2)3/h5-17,20H,4,18-19H2,1-3H3,(H,31,33)/b27-17+. The predicted molar refractivity (Wildman–Crippen MR) is 150 cm³/mol. The molecule has 1 fully saturated rings. The van der Waals surface area contributed by atoms with E-state index in [9.17, 15) is 14.4 Å². The van der Waals surface area contributed by atoms with Crippen molar-refractivity contribution in [3.63, 3.8) is 0 Å². The number of carbonyl (C=O) groups is 3. The summed E-state index contributed by atoms with van der Waals surface area (Å²) >= 11 is 0.911. The van der Waals surface area contributed by atoms with Crippen LogP contribution in [0.4, 0.5) is 10.5 Å². The summed E-state index contributed by atoms with van der Waals surface area (Å²) in [5.41, 5.74) is 3.38. The van der Waals surface area contributed by atoms with E-state index in [0.29, 0.717) is 28.6 Å². The fourth-order valence-electron chi connectivity index (χ4n) is 4.00. The van der Waals surface area contributed by atoms with Crippen LogP contribution in [0.5, 0.6) is 11.5 Å². The second kappa shape index (κ2) is 12.5. The number of imide groups is 1. The summed E-state index contributed by atoms with van der Waals surface area (Å²) in [7, 11) is 0. The number of rotatable bonds is 10. The number of para-hydroxylation sites is 1. The molecule has 1 N–H and O–H groups in total. The predicted octanol–water partition coefficient (Wildman–Crippen LogP) is 6.46. The van der Waals surface area contributed by atoms with E-state index in [0.717, 1.165) is 28.6 Å². The van der Waals surface area contributed by atoms with Crippen LogP contribution in [0.2, 0.25) is 0 Å². The van der Waals surface area contributed by atoms with Crippen LogP contribution in [0.1, 0.15) is 43.4 Å². The first-order valence-electron chi connectivity index (χ1n) is 12.4. The lowest BCUT2D eigenvalue weighted by atomic mass is 10.0. The van der Waals surface area contributed by atoms with Gasteiger partial charge in [-0.1, -0.05) is 68.4 Å². The van der Waals surface area contributed by atoms with Gasteiger partial charge in [-0.3, -0.25) is 19.3 Å². The molecule has 1 heterocycles. The van der Waals surface area contributed by atoms with Gasteiger partial charge in [-0.25, -0.2) is 0 Å². The van der Waals surface area contributed by atoms with E-state index in [1.807, 2.05) is 61.5 Å². The van der Waals surface area contributed by atoms with Crippen LogP contribution in [-0.4, -0.2) is 35.2 Å². The molecule has 1 saturated heterocycles. The Morgan fingerprint density at radius 3 is 2.45 bits per heavy atom. The average Bonchev–Trinajstić information content (AvgIpc) is 3.16. The molecule has 38 heavy (non-hydrogen) atoms. The summed E-state index contributed by atoms with van der Waals surface area (Å²) in [5, 5.41) is 2.61.